The van der Waals surface area contributed by atoms with Crippen LogP contribution in [-0.4, -0.2) is 16.8 Å². The van der Waals surface area contributed by atoms with E-state index in [0.29, 0.717) is 11.5 Å². The molecule has 26 heavy (non-hydrogen) atoms. The Labute approximate surface area is 151 Å². The Morgan fingerprint density at radius 1 is 0.808 bits per heavy atom. The summed E-state index contributed by atoms with van der Waals surface area (Å²) in [5.74, 6) is 0.270. The Balaban J connectivity index is 2.06. The van der Waals surface area contributed by atoms with Crippen molar-refractivity contribution in [2.75, 3.05) is 0 Å². The van der Waals surface area contributed by atoms with Crippen molar-refractivity contribution < 1.29 is 33.0 Å². The van der Waals surface area contributed by atoms with Crippen LogP contribution in [0, 0.1) is 12.1 Å². The average molecular weight is 376 g/mol. The van der Waals surface area contributed by atoms with Gasteiger partial charge < -0.3 is 0 Å². The number of rotatable bonds is 6. The van der Waals surface area contributed by atoms with Crippen LogP contribution in [-0.2, 0) is 9.59 Å². The van der Waals surface area contributed by atoms with Crippen LogP contribution in [0.1, 0.15) is 13.8 Å². The van der Waals surface area contributed by atoms with Gasteiger partial charge in [-0.05, 0) is 0 Å². The van der Waals surface area contributed by atoms with E-state index in [1.807, 2.05) is 0 Å². The first-order valence-corrected chi connectivity index (χ1v) is 9.21. The third-order valence-corrected chi connectivity index (χ3v) is 4.25. The second-order valence-electron chi connectivity index (χ2n) is 5.06. The predicted molar refractivity (Wildman–Crippen MR) is 96.1 cm³/mol. The molecule has 2 rings (SSSR count). The van der Waals surface area contributed by atoms with E-state index in [1.165, 1.54) is 62.4 Å². The van der Waals surface area contributed by atoms with Gasteiger partial charge >= 0.3 is 150 Å². The van der Waals surface area contributed by atoms with Gasteiger partial charge in [0.05, 0.1) is 0 Å². The van der Waals surface area contributed by atoms with Crippen molar-refractivity contribution in [1.82, 2.24) is 0 Å². The van der Waals surface area contributed by atoms with Gasteiger partial charge in [-0.3, -0.25) is 0 Å². The van der Waals surface area contributed by atoms with Crippen molar-refractivity contribution in [1.29, 1.82) is 0 Å². The third-order valence-electron chi connectivity index (χ3n) is 2.87. The van der Waals surface area contributed by atoms with E-state index in [-0.39, 0.29) is 11.5 Å². The van der Waals surface area contributed by atoms with Gasteiger partial charge in [-0.2, -0.15) is 0 Å². The van der Waals surface area contributed by atoms with Crippen LogP contribution < -0.4 is 18.5 Å². The van der Waals surface area contributed by atoms with Gasteiger partial charge in [-0.15, -0.1) is 0 Å². The quantitative estimate of drug-likeness (QED) is 0.359. The molecule has 0 atom stereocenters. The summed E-state index contributed by atoms with van der Waals surface area (Å²) >= 11 is 0. The molecule has 0 saturated heterocycles. The third kappa shape index (κ3) is 5.78. The van der Waals surface area contributed by atoms with Crippen LogP contribution in [0.5, 0.6) is 23.0 Å². The number of esters is 2. The monoisotopic (exact) mass is 376 g/mol. The molecule has 0 spiro atoms. The van der Waals surface area contributed by atoms with Gasteiger partial charge in [0.15, 0.2) is 0 Å². The predicted octanol–water partition coefficient (Wildman–Crippen LogP) is 3.07. The molecule has 8 heteroatoms. The fourth-order valence-corrected chi connectivity index (χ4v) is 2.95. The Morgan fingerprint density at radius 3 is 1.38 bits per heavy atom. The standard InChI is InChI=1S/C18H17O7P/c1-4-26(21,24-17-9-5-15(6-10-17)22-13(2)19)25-18-11-7-16(8-12-18)23-14(3)20/h1,5-12,21,26H,2-3H3. The maximum absolute atomic E-state index is 10.9. The van der Waals surface area contributed by atoms with Gasteiger partial charge in [0.2, 0.25) is 0 Å². The normalized spacial score (nSPS) is 11.0. The first-order chi connectivity index (χ1) is 12.3. The van der Waals surface area contributed by atoms with E-state index in [0.717, 1.165) is 0 Å². The van der Waals surface area contributed by atoms with Gasteiger partial charge in [-0.25, -0.2) is 0 Å². The molecule has 0 aromatic heterocycles. The molecule has 0 aliphatic heterocycles. The van der Waals surface area contributed by atoms with Crippen LogP contribution in [0.25, 0.3) is 0 Å². The van der Waals surface area contributed by atoms with E-state index < -0.39 is 19.9 Å². The van der Waals surface area contributed by atoms with Crippen molar-refractivity contribution in [3.8, 4) is 35.1 Å². The minimum absolute atomic E-state index is 0.254. The zero-order valence-corrected chi connectivity index (χ0v) is 15.1. The fourth-order valence-electron chi connectivity index (χ4n) is 1.88. The maximum atomic E-state index is 10.9. The molecule has 0 bridgehead atoms. The zero-order chi connectivity index (χ0) is 19.2. The van der Waals surface area contributed by atoms with Crippen LogP contribution in [0.3, 0.4) is 0 Å². The molecule has 0 aliphatic carbocycles. The molecule has 136 valence electrons. The number of ether oxygens (including phenoxy) is 2. The van der Waals surface area contributed by atoms with Crippen molar-refractivity contribution in [2.24, 2.45) is 0 Å². The molecular formula is C18H17O7P. The molecule has 0 fully saturated rings. The van der Waals surface area contributed by atoms with Crippen LogP contribution in [0.15, 0.2) is 48.5 Å². The summed E-state index contributed by atoms with van der Waals surface area (Å²) in [6, 6.07) is 11.9. The summed E-state index contributed by atoms with van der Waals surface area (Å²) in [5, 5.41) is 0. The van der Waals surface area contributed by atoms with E-state index in [2.05, 4.69) is 5.66 Å². The van der Waals surface area contributed by atoms with Gasteiger partial charge in [-0.1, -0.05) is 0 Å². The van der Waals surface area contributed by atoms with Crippen molar-refractivity contribution in [3.63, 3.8) is 0 Å². The molecule has 0 unspecified atom stereocenters. The fraction of sp³-hybridized carbons (Fsp3) is 0.111. The zero-order valence-electron chi connectivity index (χ0n) is 14.1. The molecule has 2 aromatic rings. The minimum atomic E-state index is -3.99. The molecule has 0 heterocycles. The van der Waals surface area contributed by atoms with Gasteiger partial charge in [0.1, 0.15) is 0 Å². The Bertz CT molecular complexity index is 761. The number of hydrogen-bond acceptors (Lipinski definition) is 7. The molecule has 0 amide bonds. The summed E-state index contributed by atoms with van der Waals surface area (Å²) in [6.45, 7) is 2.57. The van der Waals surface area contributed by atoms with E-state index in [9.17, 15) is 14.5 Å². The van der Waals surface area contributed by atoms with E-state index >= 15 is 0 Å². The summed E-state index contributed by atoms with van der Waals surface area (Å²) in [6.07, 6.45) is 5.37. The summed E-state index contributed by atoms with van der Waals surface area (Å²) in [7, 11) is -3.99. The Kier molecular flexibility index (Phi) is 6.18. The summed E-state index contributed by atoms with van der Waals surface area (Å²) < 4.78 is 20.7. The number of benzene rings is 2. The number of hydrogen-bond donors (Lipinski definition) is 1. The first-order valence-electron chi connectivity index (χ1n) is 7.45. The molecule has 0 aliphatic rings. The SMILES string of the molecule is C#C[PH](O)(Oc1ccc(OC(C)=O)cc1)Oc1ccc(OC(C)=O)cc1. The van der Waals surface area contributed by atoms with Crippen molar-refractivity contribution >= 4 is 19.9 Å². The van der Waals surface area contributed by atoms with E-state index in [1.54, 1.807) is 0 Å². The average Bonchev–Trinajstić information content (AvgIpc) is 2.57. The molecular weight excluding hydrogens is 359 g/mol. The topological polar surface area (TPSA) is 91.3 Å². The van der Waals surface area contributed by atoms with Crippen LogP contribution >= 0.6 is 7.94 Å². The summed E-state index contributed by atoms with van der Waals surface area (Å²) in [5.41, 5.74) is 2.15. The van der Waals surface area contributed by atoms with Gasteiger partial charge in [0, 0.05) is 0 Å². The molecule has 1 N–H and O–H groups in total. The van der Waals surface area contributed by atoms with Crippen molar-refractivity contribution in [3.05, 3.63) is 48.5 Å². The number of carbonyl (C=O) groups is 2. The molecule has 7 nitrogen and oxygen atoms in total. The van der Waals surface area contributed by atoms with Crippen LogP contribution in [0.4, 0.5) is 0 Å². The number of terminal acetylenes is 1. The van der Waals surface area contributed by atoms with E-state index in [4.69, 9.17) is 24.9 Å². The Hall–Kier alpha value is -3.07. The molecule has 2 aromatic carbocycles. The van der Waals surface area contributed by atoms with Crippen molar-refractivity contribution in [2.45, 2.75) is 13.8 Å². The first kappa shape index (κ1) is 19.3. The summed E-state index contributed by atoms with van der Waals surface area (Å²) in [4.78, 5) is 32.2. The second kappa shape index (κ2) is 8.34. The molecule has 0 saturated carbocycles. The Morgan fingerprint density at radius 2 is 1.12 bits per heavy atom. The molecule has 0 radical (unpaired) electrons. The van der Waals surface area contributed by atoms with Gasteiger partial charge in [0.25, 0.3) is 0 Å². The van der Waals surface area contributed by atoms with Crippen LogP contribution in [0.2, 0.25) is 0 Å². The second-order valence-corrected chi connectivity index (χ2v) is 6.92. The number of carbonyl (C=O) groups excluding carboxylic acids is 2.